The Bertz CT molecular complexity index is 981. The number of hydrazone groups is 1. The smallest absolute Gasteiger partial charge is 0.267 e. The number of aryl methyl sites for hydroxylation is 1. The molecule has 0 radical (unpaired) electrons. The van der Waals surface area contributed by atoms with Gasteiger partial charge in [0.1, 0.15) is 0 Å². The van der Waals surface area contributed by atoms with Gasteiger partial charge < -0.3 is 0 Å². The van der Waals surface area contributed by atoms with Gasteiger partial charge in [-0.05, 0) is 44.2 Å². The van der Waals surface area contributed by atoms with Crippen LogP contribution in [0.2, 0.25) is 10.0 Å². The van der Waals surface area contributed by atoms with Crippen LogP contribution in [-0.2, 0) is 0 Å². The third kappa shape index (κ3) is 3.79. The number of benzene rings is 2. The summed E-state index contributed by atoms with van der Waals surface area (Å²) in [5, 5.41) is 9.30. The Labute approximate surface area is 161 Å². The molecule has 0 saturated carbocycles. The van der Waals surface area contributed by atoms with Crippen molar-refractivity contribution in [3.05, 3.63) is 81.1 Å². The topological polar surface area (TPSA) is 59.3 Å². The number of carbonyl (C=O) groups is 1. The molecule has 1 amide bonds. The number of hydrogen-bond donors (Lipinski definition) is 1. The molecule has 1 N–H and O–H groups in total. The van der Waals surface area contributed by atoms with Crippen molar-refractivity contribution >= 4 is 35.3 Å². The first-order valence-electron chi connectivity index (χ1n) is 7.87. The molecule has 2 aromatic carbocycles. The van der Waals surface area contributed by atoms with Crippen LogP contribution >= 0.6 is 23.2 Å². The maximum Gasteiger partial charge on any atom is 0.271 e. The predicted octanol–water partition coefficient (Wildman–Crippen LogP) is 4.56. The zero-order valence-corrected chi connectivity index (χ0v) is 15.7. The fourth-order valence-corrected chi connectivity index (χ4v) is 2.82. The highest BCUT2D eigenvalue weighted by Gasteiger charge is 2.11. The number of amides is 1. The highest BCUT2D eigenvalue weighted by Crippen LogP contribution is 2.22. The summed E-state index contributed by atoms with van der Waals surface area (Å²) in [5.41, 5.74) is 6.43. The third-order valence-electron chi connectivity index (χ3n) is 3.89. The zero-order chi connectivity index (χ0) is 18.7. The van der Waals surface area contributed by atoms with E-state index in [2.05, 4.69) is 15.6 Å². The summed E-state index contributed by atoms with van der Waals surface area (Å²) in [6.45, 7) is 3.85. The molecule has 132 valence electrons. The molecule has 1 heterocycles. The van der Waals surface area contributed by atoms with Crippen LogP contribution < -0.4 is 5.43 Å². The van der Waals surface area contributed by atoms with Crippen molar-refractivity contribution in [1.82, 2.24) is 15.2 Å². The molecule has 1 aromatic heterocycles. The average molecular weight is 387 g/mol. The second kappa shape index (κ2) is 7.72. The SMILES string of the molecule is Cc1nn(-c2ccccc2)c(C)c1/C=N\NC(=O)c1ccc(Cl)c(Cl)c1. The Hall–Kier alpha value is -2.63. The average Bonchev–Trinajstić information content (AvgIpc) is 2.92. The number of para-hydroxylation sites is 1. The first-order chi connectivity index (χ1) is 12.5. The van der Waals surface area contributed by atoms with Crippen LogP contribution in [0.4, 0.5) is 0 Å². The molecule has 26 heavy (non-hydrogen) atoms. The molecule has 7 heteroatoms. The van der Waals surface area contributed by atoms with Crippen molar-refractivity contribution in [1.29, 1.82) is 0 Å². The molecule has 0 fully saturated rings. The molecule has 0 unspecified atom stereocenters. The van der Waals surface area contributed by atoms with Gasteiger partial charge in [0.25, 0.3) is 5.91 Å². The van der Waals surface area contributed by atoms with Gasteiger partial charge in [0, 0.05) is 11.1 Å². The van der Waals surface area contributed by atoms with Crippen molar-refractivity contribution in [2.24, 2.45) is 5.10 Å². The summed E-state index contributed by atoms with van der Waals surface area (Å²) in [5.74, 6) is -0.370. The highest BCUT2D eigenvalue weighted by molar-refractivity contribution is 6.42. The van der Waals surface area contributed by atoms with Gasteiger partial charge in [0.2, 0.25) is 0 Å². The molecular formula is C19H16Cl2N4O. The largest absolute Gasteiger partial charge is 0.271 e. The van der Waals surface area contributed by atoms with Crippen LogP contribution in [0, 0.1) is 13.8 Å². The minimum atomic E-state index is -0.370. The Morgan fingerprint density at radius 1 is 1.12 bits per heavy atom. The summed E-state index contributed by atoms with van der Waals surface area (Å²) in [6, 6.07) is 14.5. The molecule has 0 atom stereocenters. The lowest BCUT2D eigenvalue weighted by atomic mass is 10.2. The van der Waals surface area contributed by atoms with Gasteiger partial charge in [0.15, 0.2) is 0 Å². The molecule has 3 rings (SSSR count). The molecule has 0 aliphatic heterocycles. The van der Waals surface area contributed by atoms with E-state index in [1.807, 2.05) is 48.9 Å². The molecular weight excluding hydrogens is 371 g/mol. The summed E-state index contributed by atoms with van der Waals surface area (Å²) in [7, 11) is 0. The van der Waals surface area contributed by atoms with Crippen molar-refractivity contribution in [3.63, 3.8) is 0 Å². The number of nitrogens with zero attached hydrogens (tertiary/aromatic N) is 3. The minimum Gasteiger partial charge on any atom is -0.267 e. The summed E-state index contributed by atoms with van der Waals surface area (Å²) >= 11 is 11.8. The van der Waals surface area contributed by atoms with Gasteiger partial charge in [-0.25, -0.2) is 10.1 Å². The first-order valence-corrected chi connectivity index (χ1v) is 8.63. The van der Waals surface area contributed by atoms with Crippen LogP contribution in [0.5, 0.6) is 0 Å². The summed E-state index contributed by atoms with van der Waals surface area (Å²) in [6.07, 6.45) is 1.59. The first kappa shape index (κ1) is 18.2. The maximum atomic E-state index is 12.1. The van der Waals surface area contributed by atoms with E-state index in [0.29, 0.717) is 15.6 Å². The van der Waals surface area contributed by atoms with Gasteiger partial charge in [-0.1, -0.05) is 41.4 Å². The maximum absolute atomic E-state index is 12.1. The van der Waals surface area contributed by atoms with Crippen LogP contribution in [0.15, 0.2) is 53.6 Å². The molecule has 0 saturated heterocycles. The van der Waals surface area contributed by atoms with Gasteiger partial charge in [-0.15, -0.1) is 0 Å². The normalized spacial score (nSPS) is 11.1. The fraction of sp³-hybridized carbons (Fsp3) is 0.105. The van der Waals surface area contributed by atoms with E-state index in [9.17, 15) is 4.79 Å². The summed E-state index contributed by atoms with van der Waals surface area (Å²) in [4.78, 5) is 12.1. The number of nitrogens with one attached hydrogen (secondary N) is 1. The second-order valence-corrected chi connectivity index (χ2v) is 6.47. The van der Waals surface area contributed by atoms with E-state index in [1.165, 1.54) is 6.07 Å². The lowest BCUT2D eigenvalue weighted by molar-refractivity contribution is 0.0955. The Balaban J connectivity index is 1.77. The predicted molar refractivity (Wildman–Crippen MR) is 105 cm³/mol. The molecule has 3 aromatic rings. The highest BCUT2D eigenvalue weighted by atomic mass is 35.5. The lowest BCUT2D eigenvalue weighted by Crippen LogP contribution is -2.17. The number of aromatic nitrogens is 2. The van der Waals surface area contributed by atoms with Crippen molar-refractivity contribution in [3.8, 4) is 5.69 Å². The second-order valence-electron chi connectivity index (χ2n) is 5.66. The van der Waals surface area contributed by atoms with Gasteiger partial charge >= 0.3 is 0 Å². The van der Waals surface area contributed by atoms with Crippen molar-refractivity contribution in [2.75, 3.05) is 0 Å². The standard InChI is InChI=1S/C19H16Cl2N4O/c1-12-16(13(2)25(24-12)15-6-4-3-5-7-15)11-22-23-19(26)14-8-9-17(20)18(21)10-14/h3-11H,1-2H3,(H,23,26)/b22-11-. The van der Waals surface area contributed by atoms with Gasteiger partial charge in [-0.3, -0.25) is 4.79 Å². The quantitative estimate of drug-likeness (QED) is 0.527. The van der Waals surface area contributed by atoms with Crippen LogP contribution in [0.25, 0.3) is 5.69 Å². The molecule has 0 aliphatic carbocycles. The number of hydrogen-bond acceptors (Lipinski definition) is 3. The van der Waals surface area contributed by atoms with E-state index in [4.69, 9.17) is 23.2 Å². The van der Waals surface area contributed by atoms with Gasteiger partial charge in [-0.2, -0.15) is 10.2 Å². The fourth-order valence-electron chi connectivity index (χ4n) is 2.52. The molecule has 0 aliphatic rings. The van der Waals surface area contributed by atoms with Crippen LogP contribution in [0.1, 0.15) is 27.3 Å². The zero-order valence-electron chi connectivity index (χ0n) is 14.2. The Morgan fingerprint density at radius 3 is 2.54 bits per heavy atom. The lowest BCUT2D eigenvalue weighted by Gasteiger charge is -2.04. The van der Waals surface area contributed by atoms with E-state index in [0.717, 1.165) is 22.6 Å². The molecule has 0 spiro atoms. The third-order valence-corrected chi connectivity index (χ3v) is 4.63. The van der Waals surface area contributed by atoms with Crippen molar-refractivity contribution < 1.29 is 4.79 Å². The molecule has 0 bridgehead atoms. The monoisotopic (exact) mass is 386 g/mol. The van der Waals surface area contributed by atoms with E-state index in [-0.39, 0.29) is 5.91 Å². The number of carbonyl (C=O) groups excluding carboxylic acids is 1. The Morgan fingerprint density at radius 2 is 1.85 bits per heavy atom. The van der Waals surface area contributed by atoms with E-state index in [1.54, 1.807) is 18.3 Å². The number of halogens is 2. The van der Waals surface area contributed by atoms with Crippen molar-refractivity contribution in [2.45, 2.75) is 13.8 Å². The van der Waals surface area contributed by atoms with E-state index < -0.39 is 0 Å². The van der Waals surface area contributed by atoms with E-state index >= 15 is 0 Å². The van der Waals surface area contributed by atoms with Crippen LogP contribution in [0.3, 0.4) is 0 Å². The number of rotatable bonds is 4. The van der Waals surface area contributed by atoms with Gasteiger partial charge in [0.05, 0.1) is 33.3 Å². The van der Waals surface area contributed by atoms with Crippen LogP contribution in [-0.4, -0.2) is 21.9 Å². The molecule has 5 nitrogen and oxygen atoms in total. The summed E-state index contributed by atoms with van der Waals surface area (Å²) < 4.78 is 1.84. The Kier molecular flexibility index (Phi) is 5.40. The minimum absolute atomic E-state index is 0.319.